The zero-order chi connectivity index (χ0) is 19.0. The maximum absolute atomic E-state index is 12.8. The number of amides is 1. The number of carbonyl (C=O) groups is 1. The van der Waals surface area contributed by atoms with E-state index in [0.29, 0.717) is 24.4 Å². The first-order valence-corrected chi connectivity index (χ1v) is 10.4. The van der Waals surface area contributed by atoms with Gasteiger partial charge in [0.15, 0.2) is 21.3 Å². The van der Waals surface area contributed by atoms with Gasteiger partial charge in [0.25, 0.3) is 5.91 Å². The number of fused-ring (bicyclic) bond motifs is 1. The quantitative estimate of drug-likeness (QED) is 0.696. The standard InChI is InChI=1S/C20H18N2O4S/c1-27(24,25)17-8-6-15(7-9-17)19-12-18(21-26-19)20(23)22-11-10-14-4-2-3-5-16(14)13-22/h2-9,12H,10-11,13H2,1H3. The van der Waals surface area contributed by atoms with Crippen LogP contribution in [-0.2, 0) is 22.8 Å². The first kappa shape index (κ1) is 17.5. The second kappa shape index (κ2) is 6.66. The van der Waals surface area contributed by atoms with Crippen LogP contribution in [-0.4, -0.2) is 37.2 Å². The molecule has 1 aliphatic heterocycles. The summed E-state index contributed by atoms with van der Waals surface area (Å²) in [6.45, 7) is 1.20. The third-order valence-electron chi connectivity index (χ3n) is 4.71. The fourth-order valence-electron chi connectivity index (χ4n) is 3.21. The molecule has 1 amide bonds. The van der Waals surface area contributed by atoms with Crippen molar-refractivity contribution < 1.29 is 17.7 Å². The predicted octanol–water partition coefficient (Wildman–Crippen LogP) is 2.94. The van der Waals surface area contributed by atoms with E-state index in [9.17, 15) is 13.2 Å². The van der Waals surface area contributed by atoms with Gasteiger partial charge in [-0.1, -0.05) is 29.4 Å². The maximum atomic E-state index is 12.8. The molecule has 138 valence electrons. The first-order chi connectivity index (χ1) is 12.9. The zero-order valence-electron chi connectivity index (χ0n) is 14.8. The summed E-state index contributed by atoms with van der Waals surface area (Å²) in [6, 6.07) is 16.0. The number of benzene rings is 2. The van der Waals surface area contributed by atoms with Crippen molar-refractivity contribution in [3.05, 3.63) is 71.4 Å². The minimum atomic E-state index is -3.26. The van der Waals surface area contributed by atoms with Crippen LogP contribution in [0.15, 0.2) is 64.0 Å². The van der Waals surface area contributed by atoms with Gasteiger partial charge in [-0.3, -0.25) is 4.79 Å². The Kier molecular flexibility index (Phi) is 4.31. The van der Waals surface area contributed by atoms with Gasteiger partial charge in [-0.2, -0.15) is 0 Å². The van der Waals surface area contributed by atoms with Crippen LogP contribution in [0.4, 0.5) is 0 Å². The van der Waals surface area contributed by atoms with Crippen molar-refractivity contribution in [2.45, 2.75) is 17.9 Å². The third-order valence-corrected chi connectivity index (χ3v) is 5.84. The molecule has 7 heteroatoms. The highest BCUT2D eigenvalue weighted by Gasteiger charge is 2.24. The summed E-state index contributed by atoms with van der Waals surface area (Å²) in [5.74, 6) is 0.253. The van der Waals surface area contributed by atoms with Gasteiger partial charge >= 0.3 is 0 Å². The summed E-state index contributed by atoms with van der Waals surface area (Å²) in [7, 11) is -3.26. The molecule has 0 radical (unpaired) electrons. The zero-order valence-corrected chi connectivity index (χ0v) is 15.6. The minimum Gasteiger partial charge on any atom is -0.355 e. The predicted molar refractivity (Wildman–Crippen MR) is 99.9 cm³/mol. The van der Waals surface area contributed by atoms with E-state index < -0.39 is 9.84 Å². The average molecular weight is 382 g/mol. The number of hydrogen-bond donors (Lipinski definition) is 0. The highest BCUT2D eigenvalue weighted by atomic mass is 32.2. The Morgan fingerprint density at radius 1 is 1.07 bits per heavy atom. The smallest absolute Gasteiger partial charge is 0.276 e. The second-order valence-corrected chi connectivity index (χ2v) is 8.63. The number of rotatable bonds is 3. The molecule has 0 N–H and O–H groups in total. The van der Waals surface area contributed by atoms with Crippen molar-refractivity contribution in [3.8, 4) is 11.3 Å². The van der Waals surface area contributed by atoms with Crippen LogP contribution in [0.25, 0.3) is 11.3 Å². The molecule has 27 heavy (non-hydrogen) atoms. The number of sulfone groups is 1. The van der Waals surface area contributed by atoms with Crippen molar-refractivity contribution in [2.75, 3.05) is 12.8 Å². The molecule has 1 aromatic heterocycles. The van der Waals surface area contributed by atoms with Gasteiger partial charge < -0.3 is 9.42 Å². The molecule has 4 rings (SSSR count). The van der Waals surface area contributed by atoms with Crippen molar-refractivity contribution in [1.29, 1.82) is 0 Å². The Morgan fingerprint density at radius 2 is 1.78 bits per heavy atom. The molecule has 0 spiro atoms. The summed E-state index contributed by atoms with van der Waals surface area (Å²) in [6.07, 6.45) is 1.98. The summed E-state index contributed by atoms with van der Waals surface area (Å²) in [4.78, 5) is 14.8. The van der Waals surface area contributed by atoms with Crippen LogP contribution in [0.1, 0.15) is 21.6 Å². The molecular formula is C20H18N2O4S. The van der Waals surface area contributed by atoms with Crippen molar-refractivity contribution in [1.82, 2.24) is 10.1 Å². The fourth-order valence-corrected chi connectivity index (χ4v) is 3.84. The summed E-state index contributed by atoms with van der Waals surface area (Å²) < 4.78 is 28.4. The topological polar surface area (TPSA) is 80.5 Å². The van der Waals surface area contributed by atoms with Gasteiger partial charge in [-0.25, -0.2) is 8.42 Å². The van der Waals surface area contributed by atoms with Crippen LogP contribution < -0.4 is 0 Å². The molecule has 2 aromatic carbocycles. The van der Waals surface area contributed by atoms with Crippen LogP contribution in [0.5, 0.6) is 0 Å². The summed E-state index contributed by atoms with van der Waals surface area (Å²) in [5.41, 5.74) is 3.33. The van der Waals surface area contributed by atoms with E-state index in [2.05, 4.69) is 11.2 Å². The Labute approximate surface area is 157 Å². The molecule has 6 nitrogen and oxygen atoms in total. The Hall–Kier alpha value is -2.93. The minimum absolute atomic E-state index is 0.174. The molecule has 1 aliphatic rings. The van der Waals surface area contributed by atoms with E-state index in [1.165, 1.54) is 17.7 Å². The van der Waals surface area contributed by atoms with Gasteiger partial charge in [0.05, 0.1) is 4.90 Å². The van der Waals surface area contributed by atoms with Crippen molar-refractivity contribution >= 4 is 15.7 Å². The van der Waals surface area contributed by atoms with Crippen molar-refractivity contribution in [2.24, 2.45) is 0 Å². The lowest BCUT2D eigenvalue weighted by Crippen LogP contribution is -2.36. The number of nitrogens with zero attached hydrogens (tertiary/aromatic N) is 2. The number of hydrogen-bond acceptors (Lipinski definition) is 5. The lowest BCUT2D eigenvalue weighted by Gasteiger charge is -2.28. The van der Waals surface area contributed by atoms with E-state index in [0.717, 1.165) is 18.2 Å². The van der Waals surface area contributed by atoms with Gasteiger partial charge in [0.2, 0.25) is 0 Å². The first-order valence-electron chi connectivity index (χ1n) is 8.55. The molecule has 3 aromatic rings. The lowest BCUT2D eigenvalue weighted by molar-refractivity contribution is 0.0724. The van der Waals surface area contributed by atoms with Crippen LogP contribution in [0, 0.1) is 0 Å². The number of carbonyl (C=O) groups excluding carboxylic acids is 1. The van der Waals surface area contributed by atoms with E-state index in [-0.39, 0.29) is 16.5 Å². The lowest BCUT2D eigenvalue weighted by atomic mass is 10.00. The van der Waals surface area contributed by atoms with Gasteiger partial charge in [0, 0.05) is 31.0 Å². The Balaban J connectivity index is 1.53. The Morgan fingerprint density at radius 3 is 2.48 bits per heavy atom. The van der Waals surface area contributed by atoms with Crippen LogP contribution in [0.2, 0.25) is 0 Å². The fraction of sp³-hybridized carbons (Fsp3) is 0.200. The highest BCUT2D eigenvalue weighted by Crippen LogP contribution is 2.24. The SMILES string of the molecule is CS(=O)(=O)c1ccc(-c2cc(C(=O)N3CCc4ccccc4C3)no2)cc1. The number of aromatic nitrogens is 1. The maximum Gasteiger partial charge on any atom is 0.276 e. The molecule has 2 heterocycles. The molecule has 0 bridgehead atoms. The molecule has 0 fully saturated rings. The second-order valence-electron chi connectivity index (χ2n) is 6.62. The van der Waals surface area contributed by atoms with Crippen molar-refractivity contribution in [3.63, 3.8) is 0 Å². The largest absolute Gasteiger partial charge is 0.355 e. The third kappa shape index (κ3) is 3.50. The monoisotopic (exact) mass is 382 g/mol. The Bertz CT molecular complexity index is 1100. The molecule has 0 unspecified atom stereocenters. The normalized spacial score (nSPS) is 14.0. The van der Waals surface area contributed by atoms with Gasteiger partial charge in [-0.15, -0.1) is 0 Å². The molecule has 0 aliphatic carbocycles. The molecule has 0 saturated heterocycles. The van der Waals surface area contributed by atoms with E-state index in [1.807, 2.05) is 18.2 Å². The van der Waals surface area contributed by atoms with Crippen LogP contribution in [0.3, 0.4) is 0 Å². The summed E-state index contributed by atoms with van der Waals surface area (Å²) >= 11 is 0. The molecular weight excluding hydrogens is 364 g/mol. The van der Waals surface area contributed by atoms with Gasteiger partial charge in [-0.05, 0) is 41.8 Å². The molecule has 0 atom stereocenters. The average Bonchev–Trinajstić information content (AvgIpc) is 3.16. The van der Waals surface area contributed by atoms with Crippen LogP contribution >= 0.6 is 0 Å². The highest BCUT2D eigenvalue weighted by molar-refractivity contribution is 7.90. The van der Waals surface area contributed by atoms with E-state index in [4.69, 9.17) is 4.52 Å². The van der Waals surface area contributed by atoms with E-state index >= 15 is 0 Å². The summed E-state index contributed by atoms with van der Waals surface area (Å²) in [5, 5.41) is 3.91. The van der Waals surface area contributed by atoms with E-state index in [1.54, 1.807) is 23.1 Å². The van der Waals surface area contributed by atoms with Gasteiger partial charge in [0.1, 0.15) is 0 Å². The molecule has 0 saturated carbocycles.